The van der Waals surface area contributed by atoms with Crippen molar-refractivity contribution in [1.82, 2.24) is 19.7 Å². The standard InChI is InChI=1S/C14H18IN5O/c1-7-9(14(21-4)20(3)19-7)12-17-11(8-5-6-8)10(15)13(16-2)18-12/h8H,5-6H2,1-4H3,(H,16,17,18). The first-order chi connectivity index (χ1) is 10.1. The summed E-state index contributed by atoms with van der Waals surface area (Å²) in [5.41, 5.74) is 2.88. The molecule has 1 saturated carbocycles. The fourth-order valence-corrected chi connectivity index (χ4v) is 3.45. The van der Waals surface area contributed by atoms with E-state index >= 15 is 0 Å². The third-order valence-electron chi connectivity index (χ3n) is 3.66. The molecule has 1 aliphatic carbocycles. The lowest BCUT2D eigenvalue weighted by Gasteiger charge is -2.11. The summed E-state index contributed by atoms with van der Waals surface area (Å²) in [4.78, 5) is 9.46. The number of nitrogens with one attached hydrogen (secondary N) is 1. The normalized spacial score (nSPS) is 14.3. The van der Waals surface area contributed by atoms with Gasteiger partial charge in [-0.15, -0.1) is 0 Å². The van der Waals surface area contributed by atoms with E-state index in [9.17, 15) is 0 Å². The molecular weight excluding hydrogens is 381 g/mol. The Hall–Kier alpha value is -1.38. The van der Waals surface area contributed by atoms with Crippen molar-refractivity contribution in [3.8, 4) is 17.3 Å². The molecule has 7 heteroatoms. The van der Waals surface area contributed by atoms with Crippen LogP contribution >= 0.6 is 22.6 Å². The average Bonchev–Trinajstić information content (AvgIpc) is 3.25. The van der Waals surface area contributed by atoms with E-state index in [1.165, 1.54) is 12.8 Å². The number of ether oxygens (including phenoxy) is 1. The van der Waals surface area contributed by atoms with Gasteiger partial charge in [0.05, 0.1) is 22.1 Å². The van der Waals surface area contributed by atoms with Gasteiger partial charge in [-0.3, -0.25) is 0 Å². The molecule has 21 heavy (non-hydrogen) atoms. The molecule has 0 amide bonds. The molecule has 0 atom stereocenters. The van der Waals surface area contributed by atoms with Gasteiger partial charge in [0.2, 0.25) is 5.88 Å². The summed E-state index contributed by atoms with van der Waals surface area (Å²) in [5.74, 6) is 2.81. The Bertz CT molecular complexity index is 693. The van der Waals surface area contributed by atoms with Crippen LogP contribution in [0.2, 0.25) is 0 Å². The van der Waals surface area contributed by atoms with Crippen molar-refractivity contribution in [2.75, 3.05) is 19.5 Å². The molecule has 0 radical (unpaired) electrons. The molecule has 1 aliphatic rings. The Kier molecular flexibility index (Phi) is 3.76. The summed E-state index contributed by atoms with van der Waals surface area (Å²) >= 11 is 2.32. The summed E-state index contributed by atoms with van der Waals surface area (Å²) in [7, 11) is 5.40. The third-order valence-corrected chi connectivity index (χ3v) is 4.73. The molecule has 2 heterocycles. The Morgan fingerprint density at radius 1 is 1.33 bits per heavy atom. The summed E-state index contributed by atoms with van der Waals surface area (Å²) in [6.07, 6.45) is 2.41. The van der Waals surface area contributed by atoms with Crippen LogP contribution in [0, 0.1) is 10.5 Å². The highest BCUT2D eigenvalue weighted by Gasteiger charge is 2.30. The largest absolute Gasteiger partial charge is 0.481 e. The van der Waals surface area contributed by atoms with E-state index in [2.05, 4.69) is 38.0 Å². The highest BCUT2D eigenvalue weighted by Crippen LogP contribution is 2.43. The van der Waals surface area contributed by atoms with Crippen LogP contribution in [0.4, 0.5) is 5.82 Å². The predicted molar refractivity (Wildman–Crippen MR) is 89.8 cm³/mol. The van der Waals surface area contributed by atoms with Crippen LogP contribution in [0.5, 0.6) is 5.88 Å². The van der Waals surface area contributed by atoms with Crippen LogP contribution in [-0.4, -0.2) is 33.9 Å². The van der Waals surface area contributed by atoms with E-state index in [-0.39, 0.29) is 0 Å². The highest BCUT2D eigenvalue weighted by molar-refractivity contribution is 14.1. The van der Waals surface area contributed by atoms with Crippen LogP contribution in [0.15, 0.2) is 0 Å². The molecule has 0 aliphatic heterocycles. The topological polar surface area (TPSA) is 64.9 Å². The fourth-order valence-electron chi connectivity index (χ4n) is 2.50. The van der Waals surface area contributed by atoms with Crippen LogP contribution in [0.3, 0.4) is 0 Å². The molecule has 0 bridgehead atoms. The number of anilines is 1. The molecule has 0 spiro atoms. The lowest BCUT2D eigenvalue weighted by Crippen LogP contribution is -2.05. The predicted octanol–water partition coefficient (Wildman–Crippen LogP) is 2.72. The van der Waals surface area contributed by atoms with E-state index in [0.717, 1.165) is 26.3 Å². The van der Waals surface area contributed by atoms with Crippen molar-refractivity contribution in [1.29, 1.82) is 0 Å². The number of aryl methyl sites for hydroxylation is 2. The van der Waals surface area contributed by atoms with Crippen LogP contribution in [-0.2, 0) is 7.05 Å². The maximum Gasteiger partial charge on any atom is 0.222 e. The zero-order chi connectivity index (χ0) is 15.1. The maximum absolute atomic E-state index is 5.47. The number of methoxy groups -OCH3 is 1. The lowest BCUT2D eigenvalue weighted by molar-refractivity contribution is 0.374. The van der Waals surface area contributed by atoms with Crippen molar-refractivity contribution in [2.24, 2.45) is 7.05 Å². The van der Waals surface area contributed by atoms with Crippen molar-refractivity contribution in [3.05, 3.63) is 15.0 Å². The van der Waals surface area contributed by atoms with Crippen molar-refractivity contribution >= 4 is 28.4 Å². The number of nitrogens with zero attached hydrogens (tertiary/aromatic N) is 4. The van der Waals surface area contributed by atoms with E-state index < -0.39 is 0 Å². The average molecular weight is 399 g/mol. The van der Waals surface area contributed by atoms with E-state index in [4.69, 9.17) is 9.72 Å². The molecule has 3 rings (SSSR count). The molecule has 2 aromatic rings. The minimum atomic E-state index is 0.564. The van der Waals surface area contributed by atoms with Gasteiger partial charge in [-0.25, -0.2) is 14.6 Å². The van der Waals surface area contributed by atoms with Gasteiger partial charge in [-0.2, -0.15) is 5.10 Å². The number of aromatic nitrogens is 4. The second-order valence-electron chi connectivity index (χ2n) is 5.21. The number of halogens is 1. The molecule has 0 aromatic carbocycles. The number of hydrogen-bond acceptors (Lipinski definition) is 5. The molecule has 2 aromatic heterocycles. The second-order valence-corrected chi connectivity index (χ2v) is 6.29. The SMILES string of the molecule is CNc1nc(-c2c(C)nn(C)c2OC)nc(C2CC2)c1I. The Balaban J connectivity index is 2.21. The van der Waals surface area contributed by atoms with Gasteiger partial charge < -0.3 is 10.1 Å². The van der Waals surface area contributed by atoms with Crippen molar-refractivity contribution in [3.63, 3.8) is 0 Å². The molecular formula is C14H18IN5O. The molecule has 6 nitrogen and oxygen atoms in total. The number of hydrogen-bond donors (Lipinski definition) is 1. The van der Waals surface area contributed by atoms with Gasteiger partial charge in [0.1, 0.15) is 11.4 Å². The van der Waals surface area contributed by atoms with Gasteiger partial charge in [0.25, 0.3) is 0 Å². The molecule has 0 unspecified atom stereocenters. The third kappa shape index (κ3) is 2.47. The van der Waals surface area contributed by atoms with Gasteiger partial charge in [0.15, 0.2) is 5.82 Å². The van der Waals surface area contributed by atoms with Crippen molar-refractivity contribution in [2.45, 2.75) is 25.7 Å². The van der Waals surface area contributed by atoms with Gasteiger partial charge in [-0.1, -0.05) is 0 Å². The van der Waals surface area contributed by atoms with Crippen LogP contribution < -0.4 is 10.1 Å². The zero-order valence-electron chi connectivity index (χ0n) is 12.6. The lowest BCUT2D eigenvalue weighted by atomic mass is 10.2. The van der Waals surface area contributed by atoms with Crippen LogP contribution in [0.1, 0.15) is 30.1 Å². The Labute approximate surface area is 137 Å². The molecule has 1 fully saturated rings. The fraction of sp³-hybridized carbons (Fsp3) is 0.500. The van der Waals surface area contributed by atoms with Gasteiger partial charge in [-0.05, 0) is 42.4 Å². The van der Waals surface area contributed by atoms with E-state index in [1.54, 1.807) is 11.8 Å². The molecule has 0 saturated heterocycles. The van der Waals surface area contributed by atoms with E-state index in [1.807, 2.05) is 21.0 Å². The summed E-state index contributed by atoms with van der Waals surface area (Å²) in [6, 6.07) is 0. The summed E-state index contributed by atoms with van der Waals surface area (Å²) in [6.45, 7) is 1.95. The number of rotatable bonds is 4. The van der Waals surface area contributed by atoms with Crippen LogP contribution in [0.25, 0.3) is 11.4 Å². The van der Waals surface area contributed by atoms with Gasteiger partial charge in [0, 0.05) is 20.0 Å². The molecule has 112 valence electrons. The van der Waals surface area contributed by atoms with Crippen molar-refractivity contribution < 1.29 is 4.74 Å². The summed E-state index contributed by atoms with van der Waals surface area (Å²) in [5, 5.41) is 7.58. The highest BCUT2D eigenvalue weighted by atomic mass is 127. The van der Waals surface area contributed by atoms with E-state index in [0.29, 0.717) is 17.6 Å². The minimum absolute atomic E-state index is 0.564. The molecule has 1 N–H and O–H groups in total. The first kappa shape index (κ1) is 14.6. The van der Waals surface area contributed by atoms with Gasteiger partial charge >= 0.3 is 0 Å². The minimum Gasteiger partial charge on any atom is -0.481 e. The maximum atomic E-state index is 5.47. The summed E-state index contributed by atoms with van der Waals surface area (Å²) < 4.78 is 8.31. The first-order valence-corrected chi connectivity index (χ1v) is 7.97. The monoisotopic (exact) mass is 399 g/mol. The Morgan fingerprint density at radius 2 is 2.05 bits per heavy atom. The Morgan fingerprint density at radius 3 is 2.62 bits per heavy atom. The second kappa shape index (κ2) is 5.43. The zero-order valence-corrected chi connectivity index (χ0v) is 14.7. The smallest absolute Gasteiger partial charge is 0.222 e. The first-order valence-electron chi connectivity index (χ1n) is 6.90. The quantitative estimate of drug-likeness (QED) is 0.802.